The van der Waals surface area contributed by atoms with E-state index < -0.39 is 68.7 Å². The number of hydrogen-bond acceptors (Lipinski definition) is 10. The Hall–Kier alpha value is -4.66. The molecule has 15 heteroatoms. The molecule has 0 spiro atoms. The van der Waals surface area contributed by atoms with Gasteiger partial charge in [-0.2, -0.15) is 0 Å². The summed E-state index contributed by atoms with van der Waals surface area (Å²) in [6, 6.07) is 3.63. The van der Waals surface area contributed by atoms with Crippen molar-refractivity contribution in [2.24, 2.45) is 11.8 Å². The van der Waals surface area contributed by atoms with Crippen LogP contribution in [0.5, 0.6) is 11.6 Å². The summed E-state index contributed by atoms with van der Waals surface area (Å²) in [5.41, 5.74) is -0.673. The molecule has 4 amide bonds. The topological polar surface area (TPSA) is 182 Å². The molecule has 1 aromatic carbocycles. The SMILES string of the molecule is COc1cc2ccnc3c2cc1/C=C/CC[C@@H](C)COC(=O)N[C@H]1CCCCC/C=C\[C@@H]2C[C@@]2(C(=O)NS(=O)(=O)C2CC2)NC(=O)[C@@H]2C[C@H](CN2C1=O)O3. The van der Waals surface area contributed by atoms with Crippen molar-refractivity contribution in [3.63, 3.8) is 0 Å². The molecule has 2 saturated carbocycles. The van der Waals surface area contributed by atoms with Crippen molar-refractivity contribution in [2.75, 3.05) is 20.3 Å². The van der Waals surface area contributed by atoms with E-state index in [0.29, 0.717) is 43.7 Å². The van der Waals surface area contributed by atoms with Gasteiger partial charge < -0.3 is 29.7 Å². The molecule has 54 heavy (non-hydrogen) atoms. The molecule has 5 bridgehead atoms. The zero-order valence-corrected chi connectivity index (χ0v) is 31.6. The highest BCUT2D eigenvalue weighted by Crippen LogP contribution is 2.46. The number of alkyl carbamates (subject to hydrolysis) is 1. The number of carbonyl (C=O) groups is 4. The summed E-state index contributed by atoms with van der Waals surface area (Å²) in [5.74, 6) is -1.24. The number of amides is 4. The van der Waals surface area contributed by atoms with Gasteiger partial charge >= 0.3 is 6.09 Å². The molecule has 6 atom stereocenters. The van der Waals surface area contributed by atoms with Crippen LogP contribution < -0.4 is 24.8 Å². The molecule has 290 valence electrons. The average Bonchev–Trinajstić information content (AvgIpc) is 4.07. The minimum absolute atomic E-state index is 0.000745. The van der Waals surface area contributed by atoms with Crippen molar-refractivity contribution < 1.29 is 41.8 Å². The Morgan fingerprint density at radius 2 is 1.91 bits per heavy atom. The van der Waals surface area contributed by atoms with E-state index in [1.54, 1.807) is 13.3 Å². The third-order valence-corrected chi connectivity index (χ3v) is 12.9. The summed E-state index contributed by atoms with van der Waals surface area (Å²) in [6.07, 6.45) is 14.0. The van der Waals surface area contributed by atoms with E-state index in [-0.39, 0.29) is 31.9 Å². The highest BCUT2D eigenvalue weighted by molar-refractivity contribution is 7.91. The highest BCUT2D eigenvalue weighted by atomic mass is 32.2. The maximum absolute atomic E-state index is 14.5. The lowest BCUT2D eigenvalue weighted by Crippen LogP contribution is -2.58. The lowest BCUT2D eigenvalue weighted by atomic mass is 10.0. The zero-order chi connectivity index (χ0) is 38.0. The molecule has 1 aromatic heterocycles. The Balaban J connectivity index is 1.24. The number of fused-ring (bicyclic) bond motifs is 4. The fourth-order valence-electron chi connectivity index (χ4n) is 7.67. The smallest absolute Gasteiger partial charge is 0.407 e. The summed E-state index contributed by atoms with van der Waals surface area (Å²) in [6.45, 7) is 2.15. The summed E-state index contributed by atoms with van der Waals surface area (Å²) in [4.78, 5) is 61.7. The molecule has 4 heterocycles. The second kappa shape index (κ2) is 15.6. The van der Waals surface area contributed by atoms with Crippen molar-refractivity contribution in [3.8, 4) is 11.6 Å². The van der Waals surface area contributed by atoms with Crippen LogP contribution in [-0.4, -0.2) is 91.4 Å². The minimum atomic E-state index is -3.89. The second-order valence-electron chi connectivity index (χ2n) is 15.3. The van der Waals surface area contributed by atoms with E-state index in [2.05, 4.69) is 20.3 Å². The lowest BCUT2D eigenvalue weighted by molar-refractivity contribution is -0.141. The number of benzene rings is 1. The van der Waals surface area contributed by atoms with Crippen molar-refractivity contribution >= 4 is 50.7 Å². The van der Waals surface area contributed by atoms with Crippen molar-refractivity contribution in [3.05, 3.63) is 48.2 Å². The number of allylic oxidation sites excluding steroid dienone is 2. The second-order valence-corrected chi connectivity index (χ2v) is 17.3. The Morgan fingerprint density at radius 1 is 1.07 bits per heavy atom. The van der Waals surface area contributed by atoms with Crippen LogP contribution in [0.2, 0.25) is 0 Å². The molecule has 2 aliphatic carbocycles. The van der Waals surface area contributed by atoms with Gasteiger partial charge in [-0.05, 0) is 80.9 Å². The first-order valence-electron chi connectivity index (χ1n) is 19.1. The monoisotopic (exact) mass is 763 g/mol. The van der Waals surface area contributed by atoms with Gasteiger partial charge in [0.2, 0.25) is 27.7 Å². The molecular formula is C39H49N5O9S. The number of methoxy groups -OCH3 is 1. The predicted octanol–water partition coefficient (Wildman–Crippen LogP) is 4.13. The van der Waals surface area contributed by atoms with Crippen LogP contribution >= 0.6 is 0 Å². The van der Waals surface area contributed by atoms with Gasteiger partial charge in [0.1, 0.15) is 29.5 Å². The first kappa shape index (κ1) is 37.6. The van der Waals surface area contributed by atoms with Crippen LogP contribution in [0, 0.1) is 11.8 Å². The van der Waals surface area contributed by atoms with Gasteiger partial charge in [0, 0.05) is 29.5 Å². The van der Waals surface area contributed by atoms with Crippen LogP contribution in [-0.2, 0) is 29.1 Å². The number of hydrogen-bond donors (Lipinski definition) is 3. The number of pyridine rings is 1. The van der Waals surface area contributed by atoms with Crippen LogP contribution in [0.1, 0.15) is 83.1 Å². The molecule has 5 aliphatic rings. The Bertz CT molecular complexity index is 1960. The number of sulfonamides is 1. The van der Waals surface area contributed by atoms with E-state index in [1.807, 2.05) is 49.4 Å². The lowest BCUT2D eigenvalue weighted by Gasteiger charge is -2.29. The standard InChI is InChI=1S/C39H49N5O9S/c1-24-10-8-9-11-26-18-30-25(19-33(26)51-2)16-17-40-35(30)53-28-20-32-34(45)42-39(37(47)43-54(49,50)29-14-15-29)21-27(39)12-6-4-3-5-7-13-31(36(46)44(32)22-28)41-38(48)52-23-24/h6,9,11-12,16-19,24,27-29,31-32H,3-5,7-8,10,13-15,20-23H2,1-2H3,(H,41,48)(H,42,45)(H,43,47)/b11-9+,12-6-/t24-,27-,28-,31+,32+,39-/m1/s1. The van der Waals surface area contributed by atoms with E-state index >= 15 is 0 Å². The number of cyclic esters (lactones) is 1. The van der Waals surface area contributed by atoms with Gasteiger partial charge in [-0.15, -0.1) is 0 Å². The number of rotatable bonds is 4. The number of nitrogens with one attached hydrogen (secondary N) is 3. The molecule has 2 aromatic rings. The van der Waals surface area contributed by atoms with Crippen LogP contribution in [0.3, 0.4) is 0 Å². The Kier molecular flexibility index (Phi) is 10.9. The first-order valence-corrected chi connectivity index (χ1v) is 20.6. The molecule has 0 unspecified atom stereocenters. The van der Waals surface area contributed by atoms with Crippen LogP contribution in [0.15, 0.2) is 42.6 Å². The Morgan fingerprint density at radius 3 is 2.70 bits per heavy atom. The van der Waals surface area contributed by atoms with E-state index in [0.717, 1.165) is 42.0 Å². The van der Waals surface area contributed by atoms with E-state index in [1.165, 1.54) is 4.90 Å². The van der Waals surface area contributed by atoms with Gasteiger partial charge in [-0.25, -0.2) is 18.2 Å². The van der Waals surface area contributed by atoms with Gasteiger partial charge in [-0.1, -0.05) is 44.1 Å². The van der Waals surface area contributed by atoms with Gasteiger partial charge in [-0.3, -0.25) is 19.1 Å². The third-order valence-electron chi connectivity index (χ3n) is 11.1. The molecule has 7 rings (SSSR count). The maximum atomic E-state index is 14.5. The van der Waals surface area contributed by atoms with E-state index in [9.17, 15) is 27.6 Å². The summed E-state index contributed by atoms with van der Waals surface area (Å²) < 4.78 is 45.7. The molecule has 3 N–H and O–H groups in total. The minimum Gasteiger partial charge on any atom is -0.496 e. The number of aromatic nitrogens is 1. The predicted molar refractivity (Wildman–Crippen MR) is 200 cm³/mol. The van der Waals surface area contributed by atoms with Gasteiger partial charge in [0.05, 0.1) is 25.5 Å². The molecule has 1 saturated heterocycles. The van der Waals surface area contributed by atoms with Crippen molar-refractivity contribution in [2.45, 2.75) is 107 Å². The molecule has 0 radical (unpaired) electrons. The van der Waals surface area contributed by atoms with Gasteiger partial charge in [0.15, 0.2) is 0 Å². The number of carbonyl (C=O) groups excluding carboxylic acids is 4. The third kappa shape index (κ3) is 8.20. The summed E-state index contributed by atoms with van der Waals surface area (Å²) >= 11 is 0. The van der Waals surface area contributed by atoms with Crippen LogP contribution in [0.25, 0.3) is 16.8 Å². The normalized spacial score (nSPS) is 30.8. The summed E-state index contributed by atoms with van der Waals surface area (Å²) in [7, 11) is -2.28. The van der Waals surface area contributed by atoms with Gasteiger partial charge in [0.25, 0.3) is 5.91 Å². The van der Waals surface area contributed by atoms with Crippen molar-refractivity contribution in [1.82, 2.24) is 25.2 Å². The summed E-state index contributed by atoms with van der Waals surface area (Å²) in [5, 5.41) is 6.61. The molecular weight excluding hydrogens is 715 g/mol. The quantitative estimate of drug-likeness (QED) is 0.383. The number of ether oxygens (including phenoxy) is 3. The zero-order valence-electron chi connectivity index (χ0n) is 30.8. The first-order chi connectivity index (χ1) is 26.0. The highest BCUT2D eigenvalue weighted by Gasteiger charge is 2.62. The van der Waals surface area contributed by atoms with Crippen LogP contribution in [0.4, 0.5) is 4.79 Å². The fraction of sp³-hybridized carbons (Fsp3) is 0.564. The van der Waals surface area contributed by atoms with E-state index in [4.69, 9.17) is 14.2 Å². The maximum Gasteiger partial charge on any atom is 0.407 e. The average molecular weight is 764 g/mol. The molecule has 3 aliphatic heterocycles. The molecule has 3 fully saturated rings. The Labute approximate surface area is 315 Å². The largest absolute Gasteiger partial charge is 0.496 e. The number of nitrogens with zero attached hydrogens (tertiary/aromatic N) is 2. The van der Waals surface area contributed by atoms with Crippen molar-refractivity contribution in [1.29, 1.82) is 0 Å². The fourth-order valence-corrected chi connectivity index (χ4v) is 9.04. The molecule has 14 nitrogen and oxygen atoms in total.